The first-order chi connectivity index (χ1) is 16.9. The molecule has 0 bridgehead atoms. The molecule has 0 radical (unpaired) electrons. The first-order valence-electron chi connectivity index (χ1n) is 11.1. The third-order valence-electron chi connectivity index (χ3n) is 5.89. The van der Waals surface area contributed by atoms with Crippen molar-refractivity contribution in [3.8, 4) is 10.6 Å². The van der Waals surface area contributed by atoms with Crippen LogP contribution >= 0.6 is 22.9 Å². The lowest BCUT2D eigenvalue weighted by molar-refractivity contribution is 0.142. The number of halogens is 2. The van der Waals surface area contributed by atoms with Crippen LogP contribution in [-0.4, -0.2) is 56.6 Å². The van der Waals surface area contributed by atoms with Gasteiger partial charge in [0.25, 0.3) is 5.56 Å². The summed E-state index contributed by atoms with van der Waals surface area (Å²) < 4.78 is 14.7. The number of benzene rings is 2. The molecule has 0 spiro atoms. The molecular formula is C24H22ClFN6O2S. The number of rotatable bonds is 4. The van der Waals surface area contributed by atoms with E-state index in [4.69, 9.17) is 11.6 Å². The quantitative estimate of drug-likeness (QED) is 0.441. The molecule has 0 unspecified atom stereocenters. The van der Waals surface area contributed by atoms with Crippen molar-refractivity contribution in [1.82, 2.24) is 24.4 Å². The van der Waals surface area contributed by atoms with E-state index in [9.17, 15) is 14.0 Å². The van der Waals surface area contributed by atoms with E-state index in [1.54, 1.807) is 4.90 Å². The number of nitrogens with zero attached hydrogens (tertiary/aromatic N) is 5. The molecule has 2 aromatic carbocycles. The van der Waals surface area contributed by atoms with Gasteiger partial charge in [-0.2, -0.15) is 9.61 Å². The van der Waals surface area contributed by atoms with Gasteiger partial charge in [0.05, 0.1) is 10.7 Å². The van der Waals surface area contributed by atoms with Crippen molar-refractivity contribution in [1.29, 1.82) is 0 Å². The van der Waals surface area contributed by atoms with E-state index in [0.717, 1.165) is 16.1 Å². The number of aryl methyl sites for hydroxylation is 1. The van der Waals surface area contributed by atoms with E-state index in [1.807, 2.05) is 31.2 Å². The van der Waals surface area contributed by atoms with E-state index < -0.39 is 5.82 Å². The predicted molar refractivity (Wildman–Crippen MR) is 135 cm³/mol. The van der Waals surface area contributed by atoms with Gasteiger partial charge >= 0.3 is 6.03 Å². The summed E-state index contributed by atoms with van der Waals surface area (Å²) in [7, 11) is 0. The number of urea groups is 1. The second-order valence-corrected chi connectivity index (χ2v) is 9.69. The van der Waals surface area contributed by atoms with Gasteiger partial charge in [-0.05, 0) is 30.7 Å². The largest absolute Gasteiger partial charge is 0.322 e. The highest BCUT2D eigenvalue weighted by Crippen LogP contribution is 2.27. The van der Waals surface area contributed by atoms with Crippen LogP contribution in [0.2, 0.25) is 5.02 Å². The first kappa shape index (κ1) is 23.4. The Hall–Kier alpha value is -3.34. The van der Waals surface area contributed by atoms with Crippen LogP contribution < -0.4 is 10.9 Å². The molecule has 1 fully saturated rings. The Labute approximate surface area is 209 Å². The molecule has 0 saturated carbocycles. The summed E-state index contributed by atoms with van der Waals surface area (Å²) in [5, 5.41) is 7.93. The highest BCUT2D eigenvalue weighted by atomic mass is 35.5. The molecule has 5 rings (SSSR count). The van der Waals surface area contributed by atoms with Gasteiger partial charge in [0.2, 0.25) is 4.96 Å². The number of piperazine rings is 1. The molecule has 180 valence electrons. The van der Waals surface area contributed by atoms with Crippen molar-refractivity contribution in [2.45, 2.75) is 13.5 Å². The van der Waals surface area contributed by atoms with E-state index in [-0.39, 0.29) is 16.6 Å². The van der Waals surface area contributed by atoms with Gasteiger partial charge in [-0.15, -0.1) is 0 Å². The molecule has 3 heterocycles. The summed E-state index contributed by atoms with van der Waals surface area (Å²) in [6.07, 6.45) is 0. The topological polar surface area (TPSA) is 82.8 Å². The van der Waals surface area contributed by atoms with Crippen molar-refractivity contribution in [2.24, 2.45) is 0 Å². The molecule has 4 aromatic rings. The highest BCUT2D eigenvalue weighted by Gasteiger charge is 2.22. The maximum atomic E-state index is 13.3. The number of hydrogen-bond donors (Lipinski definition) is 1. The summed E-state index contributed by atoms with van der Waals surface area (Å²) in [5.74, 6) is -0.533. The molecule has 1 N–H and O–H groups in total. The SMILES string of the molecule is Cc1ccccc1-c1nn2c(=O)cc(CN3CCN(C(=O)Nc4ccc(F)c(Cl)c4)CC3)nc2s1. The van der Waals surface area contributed by atoms with Crippen molar-refractivity contribution in [3.63, 3.8) is 0 Å². The molecule has 0 atom stereocenters. The smallest absolute Gasteiger partial charge is 0.321 e. The second kappa shape index (κ2) is 9.73. The number of hydrogen-bond acceptors (Lipinski definition) is 6. The average Bonchev–Trinajstić information content (AvgIpc) is 3.27. The van der Waals surface area contributed by atoms with Crippen molar-refractivity contribution in [3.05, 3.63) is 81.0 Å². The molecule has 11 heteroatoms. The van der Waals surface area contributed by atoms with Crippen LogP contribution in [0.1, 0.15) is 11.3 Å². The van der Waals surface area contributed by atoms with Crippen LogP contribution in [0.3, 0.4) is 0 Å². The molecular weight excluding hydrogens is 491 g/mol. The lowest BCUT2D eigenvalue weighted by Gasteiger charge is -2.34. The highest BCUT2D eigenvalue weighted by molar-refractivity contribution is 7.19. The second-order valence-electron chi connectivity index (χ2n) is 8.32. The zero-order chi connectivity index (χ0) is 24.5. The average molecular weight is 513 g/mol. The maximum absolute atomic E-state index is 13.3. The zero-order valence-electron chi connectivity index (χ0n) is 18.9. The Balaban J connectivity index is 1.23. The van der Waals surface area contributed by atoms with Crippen LogP contribution in [0.15, 0.2) is 53.3 Å². The lowest BCUT2D eigenvalue weighted by atomic mass is 10.1. The van der Waals surface area contributed by atoms with Gasteiger partial charge in [0, 0.05) is 50.0 Å². The standard InChI is InChI=1S/C24H22ClFN6O2S/c1-15-4-2-3-5-18(15)22-29-32-21(33)13-17(28-24(32)35-22)14-30-8-10-31(11-9-30)23(34)27-16-6-7-20(26)19(25)12-16/h2-7,12-13H,8-11,14H2,1H3,(H,27,34). The number of aromatic nitrogens is 3. The van der Waals surface area contributed by atoms with Crippen molar-refractivity contribution >= 4 is 39.6 Å². The normalized spacial score (nSPS) is 14.4. The fourth-order valence-corrected chi connectivity index (χ4v) is 5.17. The Morgan fingerprint density at radius 1 is 1.14 bits per heavy atom. The number of carbonyl (C=O) groups excluding carboxylic acids is 1. The summed E-state index contributed by atoms with van der Waals surface area (Å²) >= 11 is 7.18. The summed E-state index contributed by atoms with van der Waals surface area (Å²) in [6.45, 7) is 4.82. The van der Waals surface area contributed by atoms with E-state index in [2.05, 4.69) is 20.3 Å². The Bertz CT molecular complexity index is 1460. The van der Waals surface area contributed by atoms with Crippen LogP contribution in [0.5, 0.6) is 0 Å². The molecule has 2 aromatic heterocycles. The molecule has 1 aliphatic rings. The number of carbonyl (C=O) groups is 1. The zero-order valence-corrected chi connectivity index (χ0v) is 20.4. The van der Waals surface area contributed by atoms with Gasteiger partial charge in [0.1, 0.15) is 10.8 Å². The summed E-state index contributed by atoms with van der Waals surface area (Å²) in [4.78, 5) is 34.3. The van der Waals surface area contributed by atoms with Crippen molar-refractivity contribution < 1.29 is 9.18 Å². The fourth-order valence-electron chi connectivity index (χ4n) is 3.97. The van der Waals surface area contributed by atoms with Gasteiger partial charge in [0.15, 0.2) is 0 Å². The summed E-state index contributed by atoms with van der Waals surface area (Å²) in [5.41, 5.74) is 2.98. The first-order valence-corrected chi connectivity index (χ1v) is 12.3. The minimum atomic E-state index is -0.533. The molecule has 8 nitrogen and oxygen atoms in total. The third-order valence-corrected chi connectivity index (χ3v) is 7.12. The number of fused-ring (bicyclic) bond motifs is 1. The molecule has 1 aliphatic heterocycles. The Kier molecular flexibility index (Phi) is 6.50. The van der Waals surface area contributed by atoms with Crippen LogP contribution in [0.4, 0.5) is 14.9 Å². The Morgan fingerprint density at radius 2 is 1.91 bits per heavy atom. The predicted octanol–water partition coefficient (Wildman–Crippen LogP) is 4.27. The minimum absolute atomic E-state index is 0.0417. The summed E-state index contributed by atoms with van der Waals surface area (Å²) in [6, 6.07) is 13.2. The fraction of sp³-hybridized carbons (Fsp3) is 0.250. The van der Waals surface area contributed by atoms with Crippen LogP contribution in [0.25, 0.3) is 15.5 Å². The third kappa shape index (κ3) is 5.04. The molecule has 35 heavy (non-hydrogen) atoms. The minimum Gasteiger partial charge on any atom is -0.322 e. The molecule has 1 saturated heterocycles. The molecule has 0 aliphatic carbocycles. The van der Waals surface area contributed by atoms with Crippen LogP contribution in [0, 0.1) is 12.7 Å². The van der Waals surface area contributed by atoms with E-state index >= 15 is 0 Å². The number of anilines is 1. The molecule has 2 amide bonds. The van der Waals surface area contributed by atoms with Crippen LogP contribution in [-0.2, 0) is 6.54 Å². The number of amides is 2. The van der Waals surface area contributed by atoms with E-state index in [1.165, 1.54) is 40.1 Å². The van der Waals surface area contributed by atoms with E-state index in [0.29, 0.717) is 49.1 Å². The van der Waals surface area contributed by atoms with Gasteiger partial charge in [-0.25, -0.2) is 14.2 Å². The Morgan fingerprint density at radius 3 is 2.66 bits per heavy atom. The van der Waals surface area contributed by atoms with Gasteiger partial charge in [-0.3, -0.25) is 9.69 Å². The van der Waals surface area contributed by atoms with Gasteiger partial charge < -0.3 is 10.2 Å². The van der Waals surface area contributed by atoms with Crippen molar-refractivity contribution in [2.75, 3.05) is 31.5 Å². The lowest BCUT2D eigenvalue weighted by Crippen LogP contribution is -2.49. The monoisotopic (exact) mass is 512 g/mol. The van der Waals surface area contributed by atoms with Gasteiger partial charge in [-0.1, -0.05) is 47.2 Å². The number of nitrogens with one attached hydrogen (secondary N) is 1. The maximum Gasteiger partial charge on any atom is 0.321 e.